The Hall–Kier alpha value is -1.70. The standard InChI is InChI=1S/C16H21NO/c1-12-11-17(14(3)13(12)2)10-9-15-5-7-16(18-4)8-6-15/h5-8,11H,9-10H2,1-4H3. The molecule has 0 aliphatic carbocycles. The highest BCUT2D eigenvalue weighted by Gasteiger charge is 2.05. The molecule has 0 spiro atoms. The van der Waals surface area contributed by atoms with E-state index >= 15 is 0 Å². The zero-order chi connectivity index (χ0) is 13.1. The molecule has 1 aromatic carbocycles. The Morgan fingerprint density at radius 1 is 1.06 bits per heavy atom. The molecule has 2 aromatic rings. The second-order valence-corrected chi connectivity index (χ2v) is 4.81. The summed E-state index contributed by atoms with van der Waals surface area (Å²) in [5.74, 6) is 0.919. The average Bonchev–Trinajstić information content (AvgIpc) is 2.64. The molecule has 0 atom stereocenters. The molecule has 96 valence electrons. The van der Waals surface area contributed by atoms with Gasteiger partial charge in [-0.2, -0.15) is 0 Å². The van der Waals surface area contributed by atoms with Crippen LogP contribution in [0.3, 0.4) is 0 Å². The quantitative estimate of drug-likeness (QED) is 0.799. The Kier molecular flexibility index (Phi) is 3.75. The van der Waals surface area contributed by atoms with E-state index in [1.54, 1.807) is 7.11 Å². The molecule has 0 fully saturated rings. The first-order valence-electron chi connectivity index (χ1n) is 6.37. The van der Waals surface area contributed by atoms with Crippen molar-refractivity contribution < 1.29 is 4.74 Å². The van der Waals surface area contributed by atoms with Gasteiger partial charge in [0.05, 0.1) is 7.11 Å². The van der Waals surface area contributed by atoms with Gasteiger partial charge in [0.1, 0.15) is 5.75 Å². The third-order valence-corrected chi connectivity index (χ3v) is 3.71. The largest absolute Gasteiger partial charge is 0.497 e. The fraction of sp³-hybridized carbons (Fsp3) is 0.375. The fourth-order valence-corrected chi connectivity index (χ4v) is 2.20. The summed E-state index contributed by atoms with van der Waals surface area (Å²) >= 11 is 0. The van der Waals surface area contributed by atoms with Gasteiger partial charge in [-0.15, -0.1) is 0 Å². The molecule has 0 unspecified atom stereocenters. The molecule has 0 N–H and O–H groups in total. The Bertz CT molecular complexity index is 523. The lowest BCUT2D eigenvalue weighted by Gasteiger charge is -2.07. The van der Waals surface area contributed by atoms with Crippen LogP contribution in [0, 0.1) is 20.8 Å². The maximum Gasteiger partial charge on any atom is 0.118 e. The first-order valence-corrected chi connectivity index (χ1v) is 6.37. The van der Waals surface area contributed by atoms with E-state index in [0.29, 0.717) is 0 Å². The summed E-state index contributed by atoms with van der Waals surface area (Å²) in [5.41, 5.74) is 5.51. The van der Waals surface area contributed by atoms with Crippen molar-refractivity contribution in [3.05, 3.63) is 52.8 Å². The van der Waals surface area contributed by atoms with Crippen LogP contribution in [0.2, 0.25) is 0 Å². The summed E-state index contributed by atoms with van der Waals surface area (Å²) in [6.45, 7) is 7.59. The molecule has 2 rings (SSSR count). The molecule has 18 heavy (non-hydrogen) atoms. The predicted octanol–water partition coefficient (Wildman–Crippen LogP) is 3.66. The number of methoxy groups -OCH3 is 1. The molecular weight excluding hydrogens is 222 g/mol. The third kappa shape index (κ3) is 2.58. The van der Waals surface area contributed by atoms with Gasteiger partial charge in [-0.3, -0.25) is 0 Å². The van der Waals surface area contributed by atoms with Gasteiger partial charge < -0.3 is 9.30 Å². The van der Waals surface area contributed by atoms with Crippen molar-refractivity contribution >= 4 is 0 Å². The van der Waals surface area contributed by atoms with E-state index in [9.17, 15) is 0 Å². The lowest BCUT2D eigenvalue weighted by Crippen LogP contribution is -2.02. The molecule has 0 aliphatic heterocycles. The molecule has 0 aliphatic rings. The summed E-state index contributed by atoms with van der Waals surface area (Å²) in [7, 11) is 1.70. The topological polar surface area (TPSA) is 14.2 Å². The maximum absolute atomic E-state index is 5.16. The molecular formula is C16H21NO. The molecule has 1 heterocycles. The number of aromatic nitrogens is 1. The molecule has 0 amide bonds. The molecule has 1 aromatic heterocycles. The summed E-state index contributed by atoms with van der Waals surface area (Å²) in [6, 6.07) is 8.32. The van der Waals surface area contributed by atoms with Crippen LogP contribution in [0.4, 0.5) is 0 Å². The molecule has 0 bridgehead atoms. The van der Waals surface area contributed by atoms with E-state index in [4.69, 9.17) is 4.74 Å². The van der Waals surface area contributed by atoms with Crippen LogP contribution in [-0.4, -0.2) is 11.7 Å². The van der Waals surface area contributed by atoms with Crippen molar-refractivity contribution in [2.24, 2.45) is 0 Å². The lowest BCUT2D eigenvalue weighted by atomic mass is 10.1. The van der Waals surface area contributed by atoms with Crippen LogP contribution in [0.1, 0.15) is 22.4 Å². The lowest BCUT2D eigenvalue weighted by molar-refractivity contribution is 0.414. The van der Waals surface area contributed by atoms with Crippen LogP contribution < -0.4 is 4.74 Å². The Balaban J connectivity index is 2.04. The highest BCUT2D eigenvalue weighted by atomic mass is 16.5. The van der Waals surface area contributed by atoms with Gasteiger partial charge >= 0.3 is 0 Å². The van der Waals surface area contributed by atoms with Crippen molar-refractivity contribution in [1.29, 1.82) is 0 Å². The average molecular weight is 243 g/mol. The zero-order valence-corrected chi connectivity index (χ0v) is 11.7. The number of rotatable bonds is 4. The monoisotopic (exact) mass is 243 g/mol. The van der Waals surface area contributed by atoms with E-state index in [2.05, 4.69) is 43.7 Å². The summed E-state index contributed by atoms with van der Waals surface area (Å²) in [5, 5.41) is 0. The Morgan fingerprint density at radius 3 is 2.22 bits per heavy atom. The van der Waals surface area contributed by atoms with E-state index in [1.165, 1.54) is 22.4 Å². The number of nitrogens with zero attached hydrogens (tertiary/aromatic N) is 1. The number of hydrogen-bond donors (Lipinski definition) is 0. The minimum Gasteiger partial charge on any atom is -0.497 e. The maximum atomic E-state index is 5.16. The Labute approximate surface area is 109 Å². The van der Waals surface area contributed by atoms with Gasteiger partial charge in [0.15, 0.2) is 0 Å². The van der Waals surface area contributed by atoms with Crippen molar-refractivity contribution in [1.82, 2.24) is 4.57 Å². The van der Waals surface area contributed by atoms with Crippen molar-refractivity contribution in [3.8, 4) is 5.75 Å². The van der Waals surface area contributed by atoms with Crippen LogP contribution in [-0.2, 0) is 13.0 Å². The molecule has 0 radical (unpaired) electrons. The molecule has 2 heteroatoms. The van der Waals surface area contributed by atoms with Crippen LogP contribution >= 0.6 is 0 Å². The third-order valence-electron chi connectivity index (χ3n) is 3.71. The van der Waals surface area contributed by atoms with Gasteiger partial charge in [0, 0.05) is 18.4 Å². The van der Waals surface area contributed by atoms with Crippen molar-refractivity contribution in [2.75, 3.05) is 7.11 Å². The Morgan fingerprint density at radius 2 is 1.72 bits per heavy atom. The number of benzene rings is 1. The van der Waals surface area contributed by atoms with E-state index in [1.807, 2.05) is 12.1 Å². The van der Waals surface area contributed by atoms with Gasteiger partial charge in [-0.1, -0.05) is 12.1 Å². The summed E-state index contributed by atoms with van der Waals surface area (Å²) in [6.07, 6.45) is 3.30. The molecule has 0 saturated carbocycles. The normalized spacial score (nSPS) is 10.7. The van der Waals surface area contributed by atoms with Crippen LogP contribution in [0.15, 0.2) is 30.5 Å². The van der Waals surface area contributed by atoms with E-state index in [0.717, 1.165) is 18.7 Å². The van der Waals surface area contributed by atoms with Crippen molar-refractivity contribution in [3.63, 3.8) is 0 Å². The zero-order valence-electron chi connectivity index (χ0n) is 11.7. The minimum atomic E-state index is 0.919. The SMILES string of the molecule is COc1ccc(CCn2cc(C)c(C)c2C)cc1. The van der Waals surface area contributed by atoms with Gasteiger partial charge in [-0.25, -0.2) is 0 Å². The second-order valence-electron chi connectivity index (χ2n) is 4.81. The molecule has 0 saturated heterocycles. The van der Waals surface area contributed by atoms with Gasteiger partial charge in [0.2, 0.25) is 0 Å². The van der Waals surface area contributed by atoms with Crippen LogP contribution in [0.25, 0.3) is 0 Å². The number of ether oxygens (including phenoxy) is 1. The minimum absolute atomic E-state index is 0.919. The first-order chi connectivity index (χ1) is 8.61. The van der Waals surface area contributed by atoms with Gasteiger partial charge in [0.25, 0.3) is 0 Å². The van der Waals surface area contributed by atoms with E-state index in [-0.39, 0.29) is 0 Å². The van der Waals surface area contributed by atoms with Crippen LogP contribution in [0.5, 0.6) is 5.75 Å². The summed E-state index contributed by atoms with van der Waals surface area (Å²) in [4.78, 5) is 0. The highest BCUT2D eigenvalue weighted by Crippen LogP contribution is 2.16. The second kappa shape index (κ2) is 5.30. The summed E-state index contributed by atoms with van der Waals surface area (Å²) < 4.78 is 7.51. The number of hydrogen-bond acceptors (Lipinski definition) is 1. The molecule has 2 nitrogen and oxygen atoms in total. The van der Waals surface area contributed by atoms with Gasteiger partial charge in [-0.05, 0) is 56.0 Å². The van der Waals surface area contributed by atoms with E-state index < -0.39 is 0 Å². The first kappa shape index (κ1) is 12.7. The fourth-order valence-electron chi connectivity index (χ4n) is 2.20. The van der Waals surface area contributed by atoms with Crippen molar-refractivity contribution in [2.45, 2.75) is 33.7 Å². The number of aryl methyl sites for hydroxylation is 3. The highest BCUT2D eigenvalue weighted by molar-refractivity contribution is 5.30. The smallest absolute Gasteiger partial charge is 0.118 e. The predicted molar refractivity (Wildman–Crippen MR) is 75.3 cm³/mol.